The number of carbonyl (C=O) groups excluding carboxylic acids is 1. The number of nitrogens with one attached hydrogen (secondary N) is 1. The Kier molecular flexibility index (Phi) is 4.69. The zero-order chi connectivity index (χ0) is 12.9. The van der Waals surface area contributed by atoms with E-state index in [0.29, 0.717) is 5.56 Å². The Hall–Kier alpha value is -1.36. The fourth-order valence-electron chi connectivity index (χ4n) is 1.40. The molecule has 1 rings (SSSR count). The Bertz CT molecular complexity index is 424. The van der Waals surface area contributed by atoms with Crippen molar-refractivity contribution < 1.29 is 18.8 Å². The average Bonchev–Trinajstić information content (AvgIpc) is 2.28. The Morgan fingerprint density at radius 3 is 2.59 bits per heavy atom. The van der Waals surface area contributed by atoms with E-state index < -0.39 is 19.7 Å². The molecule has 0 spiro atoms. The van der Waals surface area contributed by atoms with Gasteiger partial charge in [0.25, 0.3) is 0 Å². The van der Waals surface area contributed by atoms with Crippen LogP contribution in [0.25, 0.3) is 0 Å². The summed E-state index contributed by atoms with van der Waals surface area (Å²) in [5, 5.41) is 2.41. The van der Waals surface area contributed by atoms with E-state index in [9.17, 15) is 14.3 Å². The molecule has 2 atom stereocenters. The normalized spacial score (nSPS) is 15.9. The van der Waals surface area contributed by atoms with Crippen molar-refractivity contribution in [3.05, 3.63) is 35.9 Å². The molecular formula is C10H15N2O4P. The van der Waals surface area contributed by atoms with Gasteiger partial charge in [-0.15, -0.1) is 0 Å². The average molecular weight is 258 g/mol. The number of urea groups is 1. The first-order chi connectivity index (χ1) is 7.94. The molecule has 6 nitrogen and oxygen atoms in total. The van der Waals surface area contributed by atoms with Gasteiger partial charge in [0, 0.05) is 7.11 Å². The molecule has 0 radical (unpaired) electrons. The number of hydrogen-bond donors (Lipinski definition) is 3. The molecule has 0 fully saturated rings. The monoisotopic (exact) mass is 258 g/mol. The number of carbonyl (C=O) groups is 1. The minimum Gasteiger partial charge on any atom is -0.352 e. The maximum atomic E-state index is 11.5. The number of nitrogens with two attached hydrogens (primary N) is 1. The number of primary amides is 1. The number of amides is 2. The summed E-state index contributed by atoms with van der Waals surface area (Å²) in [7, 11) is -2.58. The summed E-state index contributed by atoms with van der Waals surface area (Å²) in [6, 6.07) is 7.39. The van der Waals surface area contributed by atoms with Crippen molar-refractivity contribution in [1.82, 2.24) is 5.32 Å². The van der Waals surface area contributed by atoms with Crippen molar-refractivity contribution in [2.75, 3.05) is 13.3 Å². The maximum absolute atomic E-state index is 11.5. The molecule has 0 saturated carbocycles. The van der Waals surface area contributed by atoms with Gasteiger partial charge in [-0.1, -0.05) is 30.3 Å². The maximum Gasteiger partial charge on any atom is 0.330 e. The highest BCUT2D eigenvalue weighted by Gasteiger charge is 2.25. The van der Waals surface area contributed by atoms with Crippen LogP contribution < -0.4 is 11.1 Å². The van der Waals surface area contributed by atoms with Crippen molar-refractivity contribution in [2.45, 2.75) is 6.04 Å². The molecule has 2 amide bonds. The lowest BCUT2D eigenvalue weighted by Gasteiger charge is -2.20. The van der Waals surface area contributed by atoms with E-state index in [-0.39, 0.29) is 6.16 Å². The second-order valence-corrected chi connectivity index (χ2v) is 5.48. The number of hydrogen-bond acceptors (Lipinski definition) is 3. The van der Waals surface area contributed by atoms with E-state index in [1.807, 2.05) is 0 Å². The van der Waals surface area contributed by atoms with Gasteiger partial charge in [-0.2, -0.15) is 0 Å². The van der Waals surface area contributed by atoms with Crippen molar-refractivity contribution in [1.29, 1.82) is 0 Å². The first-order valence-corrected chi connectivity index (χ1v) is 6.69. The van der Waals surface area contributed by atoms with E-state index in [2.05, 4.69) is 9.84 Å². The van der Waals surface area contributed by atoms with Crippen LogP contribution in [-0.2, 0) is 9.09 Å². The largest absolute Gasteiger partial charge is 0.352 e. The molecule has 0 aromatic heterocycles. The summed E-state index contributed by atoms with van der Waals surface area (Å²) in [4.78, 5) is 20.3. The summed E-state index contributed by atoms with van der Waals surface area (Å²) < 4.78 is 16.0. The summed E-state index contributed by atoms with van der Waals surface area (Å²) in [5.41, 5.74) is 5.72. The van der Waals surface area contributed by atoms with Crippen LogP contribution in [0.3, 0.4) is 0 Å². The highest BCUT2D eigenvalue weighted by atomic mass is 31.2. The second kappa shape index (κ2) is 5.82. The Balaban J connectivity index is 2.89. The van der Waals surface area contributed by atoms with Crippen molar-refractivity contribution in [3.8, 4) is 0 Å². The first kappa shape index (κ1) is 13.7. The van der Waals surface area contributed by atoms with E-state index in [4.69, 9.17) is 5.73 Å². The molecule has 0 saturated heterocycles. The Morgan fingerprint density at radius 1 is 1.53 bits per heavy atom. The van der Waals surface area contributed by atoms with Crippen LogP contribution in [0.1, 0.15) is 11.6 Å². The third-order valence-electron chi connectivity index (χ3n) is 2.22. The fraction of sp³-hybridized carbons (Fsp3) is 0.300. The molecule has 0 heterocycles. The van der Waals surface area contributed by atoms with Crippen molar-refractivity contribution in [2.24, 2.45) is 5.73 Å². The van der Waals surface area contributed by atoms with Gasteiger partial charge in [0.2, 0.25) is 0 Å². The lowest BCUT2D eigenvalue weighted by atomic mass is 10.1. The standard InChI is InChI=1S/C10H15N2O4P/c1-16-17(14,15)7-9(12-10(11)13)8-5-3-2-4-6-8/h2-6,9H,7H2,1H3,(H,14,15)(H3,11,12,13). The molecule has 0 aliphatic carbocycles. The van der Waals surface area contributed by atoms with Crippen LogP contribution in [0.15, 0.2) is 30.3 Å². The number of rotatable bonds is 5. The van der Waals surface area contributed by atoms with Crippen molar-refractivity contribution in [3.63, 3.8) is 0 Å². The molecule has 4 N–H and O–H groups in total. The molecule has 1 aromatic carbocycles. The van der Waals surface area contributed by atoms with Crippen LogP contribution >= 0.6 is 7.60 Å². The summed E-state index contributed by atoms with van der Waals surface area (Å²) in [6.07, 6.45) is -0.226. The minimum atomic E-state index is -3.72. The third kappa shape index (κ3) is 4.56. The molecule has 7 heteroatoms. The van der Waals surface area contributed by atoms with Gasteiger partial charge in [-0.05, 0) is 5.56 Å². The molecular weight excluding hydrogens is 243 g/mol. The molecule has 2 unspecified atom stereocenters. The van der Waals surface area contributed by atoms with Crippen LogP contribution in [0.2, 0.25) is 0 Å². The van der Waals surface area contributed by atoms with Gasteiger partial charge < -0.3 is 20.5 Å². The highest BCUT2D eigenvalue weighted by molar-refractivity contribution is 7.52. The summed E-state index contributed by atoms with van der Waals surface area (Å²) in [6.45, 7) is 0. The molecule has 94 valence electrons. The lowest BCUT2D eigenvalue weighted by molar-refractivity contribution is 0.245. The smallest absolute Gasteiger partial charge is 0.330 e. The van der Waals surface area contributed by atoms with E-state index in [1.165, 1.54) is 0 Å². The van der Waals surface area contributed by atoms with E-state index in [0.717, 1.165) is 7.11 Å². The Labute approximate surface area is 99.3 Å². The fourth-order valence-corrected chi connectivity index (χ4v) is 2.31. The Morgan fingerprint density at radius 2 is 2.12 bits per heavy atom. The minimum absolute atomic E-state index is 0.226. The zero-order valence-electron chi connectivity index (χ0n) is 9.37. The molecule has 0 aliphatic rings. The quantitative estimate of drug-likeness (QED) is 0.691. The van der Waals surface area contributed by atoms with Crippen LogP contribution in [0, 0.1) is 0 Å². The van der Waals surface area contributed by atoms with Gasteiger partial charge in [-0.25, -0.2) is 4.79 Å². The highest BCUT2D eigenvalue weighted by Crippen LogP contribution is 2.44. The van der Waals surface area contributed by atoms with E-state index >= 15 is 0 Å². The third-order valence-corrected chi connectivity index (χ3v) is 3.61. The molecule has 0 bridgehead atoms. The van der Waals surface area contributed by atoms with Gasteiger partial charge >= 0.3 is 13.6 Å². The van der Waals surface area contributed by atoms with Gasteiger partial charge in [-0.3, -0.25) is 4.57 Å². The van der Waals surface area contributed by atoms with E-state index in [1.54, 1.807) is 30.3 Å². The topological polar surface area (TPSA) is 102 Å². The lowest BCUT2D eigenvalue weighted by Crippen LogP contribution is -2.35. The SMILES string of the molecule is COP(=O)(O)CC(NC(N)=O)c1ccccc1. The molecule has 1 aromatic rings. The predicted octanol–water partition coefficient (Wildman–Crippen LogP) is 1.23. The van der Waals surface area contributed by atoms with Crippen LogP contribution in [-0.4, -0.2) is 24.2 Å². The summed E-state index contributed by atoms with van der Waals surface area (Å²) in [5.74, 6) is 0. The first-order valence-electron chi connectivity index (χ1n) is 4.93. The second-order valence-electron chi connectivity index (χ2n) is 3.47. The predicted molar refractivity (Wildman–Crippen MR) is 63.6 cm³/mol. The summed E-state index contributed by atoms with van der Waals surface area (Å²) >= 11 is 0. The van der Waals surface area contributed by atoms with Crippen molar-refractivity contribution >= 4 is 13.6 Å². The van der Waals surface area contributed by atoms with Crippen LogP contribution in [0.5, 0.6) is 0 Å². The molecule has 17 heavy (non-hydrogen) atoms. The van der Waals surface area contributed by atoms with Gasteiger partial charge in [0.15, 0.2) is 0 Å². The zero-order valence-corrected chi connectivity index (χ0v) is 10.3. The van der Waals surface area contributed by atoms with Crippen LogP contribution in [0.4, 0.5) is 4.79 Å². The molecule has 0 aliphatic heterocycles. The van der Waals surface area contributed by atoms with Gasteiger partial charge in [0.05, 0.1) is 12.2 Å². The number of benzene rings is 1. The van der Waals surface area contributed by atoms with Gasteiger partial charge in [0.1, 0.15) is 0 Å².